The van der Waals surface area contributed by atoms with E-state index in [0.29, 0.717) is 19.8 Å². The second kappa shape index (κ2) is 8.17. The third-order valence-electron chi connectivity index (χ3n) is 2.13. The van der Waals surface area contributed by atoms with E-state index in [-0.39, 0.29) is 5.97 Å². The van der Waals surface area contributed by atoms with E-state index < -0.39 is 0 Å². The first-order valence-corrected chi connectivity index (χ1v) is 6.06. The third-order valence-corrected chi connectivity index (χ3v) is 2.13. The molecule has 0 unspecified atom stereocenters. The molecule has 98 valence electrons. The SMILES string of the molecule is CCOC(=O)/C=C/CNc1ccc(OCC)cc1. The Kier molecular flexibility index (Phi) is 6.40. The zero-order valence-electron chi connectivity index (χ0n) is 10.8. The zero-order chi connectivity index (χ0) is 13.2. The maximum atomic E-state index is 11.0. The molecule has 1 aromatic carbocycles. The van der Waals surface area contributed by atoms with Crippen molar-refractivity contribution in [3.63, 3.8) is 0 Å². The third kappa shape index (κ3) is 5.39. The van der Waals surface area contributed by atoms with E-state index in [4.69, 9.17) is 9.47 Å². The molecular formula is C14H19NO3. The molecule has 0 atom stereocenters. The average Bonchev–Trinajstić information content (AvgIpc) is 2.37. The Bertz CT molecular complexity index is 385. The van der Waals surface area contributed by atoms with Crippen molar-refractivity contribution in [3.05, 3.63) is 36.4 Å². The molecule has 0 fully saturated rings. The number of carbonyl (C=O) groups excluding carboxylic acids is 1. The van der Waals surface area contributed by atoms with Crippen LogP contribution in [0.3, 0.4) is 0 Å². The van der Waals surface area contributed by atoms with Gasteiger partial charge in [0.2, 0.25) is 0 Å². The first kappa shape index (κ1) is 14.1. The van der Waals surface area contributed by atoms with E-state index in [1.165, 1.54) is 6.08 Å². The van der Waals surface area contributed by atoms with Gasteiger partial charge in [-0.05, 0) is 38.1 Å². The second-order valence-corrected chi connectivity index (χ2v) is 3.49. The predicted molar refractivity (Wildman–Crippen MR) is 71.9 cm³/mol. The quantitative estimate of drug-likeness (QED) is 0.596. The molecule has 0 spiro atoms. The van der Waals surface area contributed by atoms with Gasteiger partial charge in [-0.3, -0.25) is 0 Å². The number of hydrogen-bond acceptors (Lipinski definition) is 4. The smallest absolute Gasteiger partial charge is 0.330 e. The van der Waals surface area contributed by atoms with Crippen LogP contribution in [-0.2, 0) is 9.53 Å². The fourth-order valence-electron chi connectivity index (χ4n) is 1.36. The van der Waals surface area contributed by atoms with Crippen molar-refractivity contribution in [1.82, 2.24) is 0 Å². The Labute approximate surface area is 108 Å². The number of anilines is 1. The molecule has 1 rings (SSSR count). The van der Waals surface area contributed by atoms with Gasteiger partial charge in [-0.15, -0.1) is 0 Å². The number of benzene rings is 1. The van der Waals surface area contributed by atoms with Gasteiger partial charge < -0.3 is 14.8 Å². The summed E-state index contributed by atoms with van der Waals surface area (Å²) < 4.78 is 10.1. The molecule has 0 bridgehead atoms. The fourth-order valence-corrected chi connectivity index (χ4v) is 1.36. The molecule has 0 saturated heterocycles. The number of hydrogen-bond donors (Lipinski definition) is 1. The van der Waals surface area contributed by atoms with Crippen LogP contribution < -0.4 is 10.1 Å². The Morgan fingerprint density at radius 1 is 1.22 bits per heavy atom. The minimum absolute atomic E-state index is 0.314. The van der Waals surface area contributed by atoms with Crippen LogP contribution in [0, 0.1) is 0 Å². The Morgan fingerprint density at radius 2 is 1.94 bits per heavy atom. The lowest BCUT2D eigenvalue weighted by Gasteiger charge is -2.05. The molecule has 4 heteroatoms. The first-order valence-electron chi connectivity index (χ1n) is 6.06. The van der Waals surface area contributed by atoms with Crippen LogP contribution >= 0.6 is 0 Å². The van der Waals surface area contributed by atoms with Crippen LogP contribution in [0.1, 0.15) is 13.8 Å². The molecule has 18 heavy (non-hydrogen) atoms. The first-order chi connectivity index (χ1) is 8.76. The predicted octanol–water partition coefficient (Wildman–Crippen LogP) is 2.62. The van der Waals surface area contributed by atoms with Gasteiger partial charge in [0.25, 0.3) is 0 Å². The number of ether oxygens (including phenoxy) is 2. The molecular weight excluding hydrogens is 230 g/mol. The molecule has 0 radical (unpaired) electrons. The Morgan fingerprint density at radius 3 is 2.56 bits per heavy atom. The lowest BCUT2D eigenvalue weighted by molar-refractivity contribution is -0.137. The van der Waals surface area contributed by atoms with Gasteiger partial charge in [-0.1, -0.05) is 6.08 Å². The lowest BCUT2D eigenvalue weighted by Crippen LogP contribution is -2.02. The highest BCUT2D eigenvalue weighted by atomic mass is 16.5. The van der Waals surface area contributed by atoms with Crippen molar-refractivity contribution in [3.8, 4) is 5.75 Å². The molecule has 0 aromatic heterocycles. The van der Waals surface area contributed by atoms with Crippen LogP contribution in [0.5, 0.6) is 5.75 Å². The van der Waals surface area contributed by atoms with Gasteiger partial charge in [0.1, 0.15) is 5.75 Å². The lowest BCUT2D eigenvalue weighted by atomic mass is 10.3. The van der Waals surface area contributed by atoms with Crippen molar-refractivity contribution >= 4 is 11.7 Å². The fraction of sp³-hybridized carbons (Fsp3) is 0.357. The van der Waals surface area contributed by atoms with Gasteiger partial charge in [0.05, 0.1) is 13.2 Å². The van der Waals surface area contributed by atoms with Crippen LogP contribution in [0.15, 0.2) is 36.4 Å². The molecule has 0 aliphatic heterocycles. The average molecular weight is 249 g/mol. The summed E-state index contributed by atoms with van der Waals surface area (Å²) in [6.45, 7) is 5.37. The number of nitrogens with one attached hydrogen (secondary N) is 1. The highest BCUT2D eigenvalue weighted by molar-refractivity contribution is 5.81. The summed E-state index contributed by atoms with van der Waals surface area (Å²) >= 11 is 0. The van der Waals surface area contributed by atoms with Crippen LogP contribution in [0.4, 0.5) is 5.69 Å². The highest BCUT2D eigenvalue weighted by Gasteiger charge is 1.94. The van der Waals surface area contributed by atoms with Crippen molar-refractivity contribution < 1.29 is 14.3 Å². The highest BCUT2D eigenvalue weighted by Crippen LogP contribution is 2.15. The largest absolute Gasteiger partial charge is 0.494 e. The molecule has 0 amide bonds. The van der Waals surface area contributed by atoms with Crippen molar-refractivity contribution in [2.75, 3.05) is 25.1 Å². The van der Waals surface area contributed by atoms with E-state index in [2.05, 4.69) is 5.32 Å². The van der Waals surface area contributed by atoms with Crippen molar-refractivity contribution in [1.29, 1.82) is 0 Å². The van der Waals surface area contributed by atoms with E-state index in [1.54, 1.807) is 13.0 Å². The van der Waals surface area contributed by atoms with Gasteiger partial charge in [0, 0.05) is 18.3 Å². The standard InChI is InChI=1S/C14H19NO3/c1-3-17-13-9-7-12(8-10-13)15-11-5-6-14(16)18-4-2/h5-10,15H,3-4,11H2,1-2H3/b6-5+. The molecule has 0 aliphatic rings. The van der Waals surface area contributed by atoms with E-state index >= 15 is 0 Å². The van der Waals surface area contributed by atoms with Crippen LogP contribution in [0.2, 0.25) is 0 Å². The summed E-state index contributed by atoms with van der Waals surface area (Å²) in [7, 11) is 0. The van der Waals surface area contributed by atoms with Crippen molar-refractivity contribution in [2.24, 2.45) is 0 Å². The molecule has 0 heterocycles. The van der Waals surface area contributed by atoms with E-state index in [1.807, 2.05) is 31.2 Å². The molecule has 0 aliphatic carbocycles. The van der Waals surface area contributed by atoms with Gasteiger partial charge in [-0.2, -0.15) is 0 Å². The van der Waals surface area contributed by atoms with E-state index in [9.17, 15) is 4.79 Å². The topological polar surface area (TPSA) is 47.6 Å². The second-order valence-electron chi connectivity index (χ2n) is 3.49. The van der Waals surface area contributed by atoms with Gasteiger partial charge in [0.15, 0.2) is 0 Å². The summed E-state index contributed by atoms with van der Waals surface area (Å²) in [4.78, 5) is 11.0. The summed E-state index contributed by atoms with van der Waals surface area (Å²) in [6, 6.07) is 7.67. The molecule has 0 saturated carbocycles. The number of carbonyl (C=O) groups is 1. The van der Waals surface area contributed by atoms with Crippen molar-refractivity contribution in [2.45, 2.75) is 13.8 Å². The number of esters is 1. The Balaban J connectivity index is 2.33. The summed E-state index contributed by atoms with van der Waals surface area (Å²) in [5.41, 5.74) is 0.979. The van der Waals surface area contributed by atoms with E-state index in [0.717, 1.165) is 11.4 Å². The van der Waals surface area contributed by atoms with Crippen LogP contribution in [0.25, 0.3) is 0 Å². The Hall–Kier alpha value is -1.97. The molecule has 1 N–H and O–H groups in total. The number of rotatable bonds is 7. The van der Waals surface area contributed by atoms with Gasteiger partial charge in [-0.25, -0.2) is 4.79 Å². The van der Waals surface area contributed by atoms with Crippen LogP contribution in [-0.4, -0.2) is 25.7 Å². The maximum Gasteiger partial charge on any atom is 0.330 e. The normalized spacial score (nSPS) is 10.3. The zero-order valence-corrected chi connectivity index (χ0v) is 10.8. The summed E-state index contributed by atoms with van der Waals surface area (Å²) in [5, 5.41) is 3.16. The molecule has 1 aromatic rings. The van der Waals surface area contributed by atoms with Gasteiger partial charge >= 0.3 is 5.97 Å². The maximum absolute atomic E-state index is 11.0. The minimum atomic E-state index is -0.314. The summed E-state index contributed by atoms with van der Waals surface area (Å²) in [6.07, 6.45) is 3.15. The minimum Gasteiger partial charge on any atom is -0.494 e. The summed E-state index contributed by atoms with van der Waals surface area (Å²) in [5.74, 6) is 0.538. The molecule has 4 nitrogen and oxygen atoms in total. The monoisotopic (exact) mass is 249 g/mol.